The molecule has 6 nitrogen and oxygen atoms in total. The van der Waals surface area contributed by atoms with Crippen molar-refractivity contribution in [3.8, 4) is 0 Å². The van der Waals surface area contributed by atoms with Gasteiger partial charge in [-0.05, 0) is 36.3 Å². The number of benzene rings is 2. The number of unbranched alkanes of at least 4 members (excludes halogenated alkanes) is 1. The van der Waals surface area contributed by atoms with Gasteiger partial charge < -0.3 is 15.0 Å². The number of anilines is 1. The average molecular weight is 436 g/mol. The second-order valence-electron chi connectivity index (χ2n) is 7.45. The second-order valence-corrected chi connectivity index (χ2v) is 7.81. The minimum absolute atomic E-state index is 0.175. The number of aromatic carboxylic acids is 1. The lowest BCUT2D eigenvalue weighted by atomic mass is 10.1. The topological polar surface area (TPSA) is 84.2 Å². The van der Waals surface area contributed by atoms with Crippen LogP contribution in [0.2, 0.25) is 5.15 Å². The van der Waals surface area contributed by atoms with Gasteiger partial charge in [0, 0.05) is 24.2 Å². The van der Waals surface area contributed by atoms with Crippen LogP contribution >= 0.6 is 11.6 Å². The number of carboxylic acids is 1. The van der Waals surface area contributed by atoms with Crippen molar-refractivity contribution in [2.45, 2.75) is 32.7 Å². The van der Waals surface area contributed by atoms with Crippen LogP contribution < -0.4 is 5.32 Å². The zero-order valence-electron chi connectivity index (χ0n) is 17.1. The number of amides is 1. The van der Waals surface area contributed by atoms with Gasteiger partial charge in [0.05, 0.1) is 16.8 Å². The van der Waals surface area contributed by atoms with Gasteiger partial charge in [-0.25, -0.2) is 9.78 Å². The largest absolute Gasteiger partial charge is 0.478 e. The molecule has 0 saturated heterocycles. The highest BCUT2D eigenvalue weighted by Gasteiger charge is 2.25. The Kier molecular flexibility index (Phi) is 5.91. The molecule has 1 aromatic heterocycles. The number of para-hydroxylation sites is 1. The minimum Gasteiger partial charge on any atom is -0.478 e. The highest BCUT2D eigenvalue weighted by Crippen LogP contribution is 2.34. The van der Waals surface area contributed by atoms with E-state index in [0.717, 1.165) is 41.9 Å². The normalized spacial score (nSPS) is 14.0. The fourth-order valence-electron chi connectivity index (χ4n) is 3.68. The van der Waals surface area contributed by atoms with E-state index >= 15 is 0 Å². The Morgan fingerprint density at radius 3 is 2.65 bits per heavy atom. The quantitative estimate of drug-likeness (QED) is 0.504. The predicted molar refractivity (Wildman–Crippen MR) is 121 cm³/mol. The highest BCUT2D eigenvalue weighted by atomic mass is 35.5. The van der Waals surface area contributed by atoms with Crippen LogP contribution in [0, 0.1) is 0 Å². The number of carbonyl (C=O) groups is 2. The van der Waals surface area contributed by atoms with E-state index < -0.39 is 5.97 Å². The molecule has 2 heterocycles. The summed E-state index contributed by atoms with van der Waals surface area (Å²) in [6, 6.07) is 14.3. The molecule has 3 aromatic rings. The smallest absolute Gasteiger partial charge is 0.335 e. The van der Waals surface area contributed by atoms with Crippen LogP contribution in [0.15, 0.2) is 48.5 Å². The number of carboxylic acid groups (broad SMARTS) is 1. The van der Waals surface area contributed by atoms with Gasteiger partial charge in [0.2, 0.25) is 0 Å². The molecule has 1 aliphatic rings. The molecule has 158 valence electrons. The summed E-state index contributed by atoms with van der Waals surface area (Å²) in [5.74, 6) is -0.296. The SMILES string of the molecule is CCCCc1nc(Cl)c(C=C2C(=O)Nc3ccccc32)n1Cc1ccc(C(=O)O)cc1. The number of aryl methyl sites for hydroxylation is 1. The summed E-state index contributed by atoms with van der Waals surface area (Å²) in [7, 11) is 0. The first kappa shape index (κ1) is 20.9. The molecule has 4 rings (SSSR count). The highest BCUT2D eigenvalue weighted by molar-refractivity contribution is 6.36. The van der Waals surface area contributed by atoms with E-state index in [1.807, 2.05) is 28.8 Å². The van der Waals surface area contributed by atoms with Crippen LogP contribution in [0.5, 0.6) is 0 Å². The number of hydrogen-bond donors (Lipinski definition) is 2. The van der Waals surface area contributed by atoms with Crippen LogP contribution in [0.4, 0.5) is 5.69 Å². The van der Waals surface area contributed by atoms with Crippen molar-refractivity contribution in [1.29, 1.82) is 0 Å². The summed E-state index contributed by atoms with van der Waals surface area (Å²) in [6.45, 7) is 2.59. The molecule has 0 aliphatic carbocycles. The van der Waals surface area contributed by atoms with Gasteiger partial charge in [-0.15, -0.1) is 0 Å². The van der Waals surface area contributed by atoms with E-state index in [1.165, 1.54) is 0 Å². The van der Waals surface area contributed by atoms with E-state index in [2.05, 4.69) is 17.2 Å². The van der Waals surface area contributed by atoms with Crippen molar-refractivity contribution >= 4 is 40.8 Å². The zero-order chi connectivity index (χ0) is 22.0. The number of aromatic nitrogens is 2. The van der Waals surface area contributed by atoms with E-state index in [1.54, 1.807) is 30.3 Å². The molecule has 2 aromatic carbocycles. The molecule has 0 spiro atoms. The third kappa shape index (κ3) is 4.25. The van der Waals surface area contributed by atoms with Gasteiger partial charge in [0.25, 0.3) is 5.91 Å². The maximum atomic E-state index is 12.6. The average Bonchev–Trinajstić information content (AvgIpc) is 3.23. The first-order valence-corrected chi connectivity index (χ1v) is 10.5. The summed E-state index contributed by atoms with van der Waals surface area (Å²) in [5.41, 5.74) is 3.97. The van der Waals surface area contributed by atoms with Crippen molar-refractivity contribution in [3.63, 3.8) is 0 Å². The molecule has 0 radical (unpaired) electrons. The molecule has 0 atom stereocenters. The fraction of sp³-hybridized carbons (Fsp3) is 0.208. The molecule has 0 unspecified atom stereocenters. The Bertz CT molecular complexity index is 1180. The second kappa shape index (κ2) is 8.78. The molecular weight excluding hydrogens is 414 g/mol. The molecule has 0 bridgehead atoms. The number of nitrogens with one attached hydrogen (secondary N) is 1. The van der Waals surface area contributed by atoms with E-state index in [0.29, 0.717) is 23.0 Å². The molecule has 0 fully saturated rings. The number of fused-ring (bicyclic) bond motifs is 1. The summed E-state index contributed by atoms with van der Waals surface area (Å²) in [6.07, 6.45) is 4.53. The van der Waals surface area contributed by atoms with Crippen LogP contribution in [0.25, 0.3) is 11.6 Å². The third-order valence-corrected chi connectivity index (χ3v) is 5.61. The van der Waals surface area contributed by atoms with E-state index in [9.17, 15) is 9.59 Å². The van der Waals surface area contributed by atoms with E-state index in [-0.39, 0.29) is 11.5 Å². The maximum absolute atomic E-state index is 12.6. The molecule has 1 aliphatic heterocycles. The number of hydrogen-bond acceptors (Lipinski definition) is 3. The Labute approximate surface area is 185 Å². The monoisotopic (exact) mass is 435 g/mol. The predicted octanol–water partition coefficient (Wildman–Crippen LogP) is 5.12. The fourth-order valence-corrected chi connectivity index (χ4v) is 3.93. The molecule has 2 N–H and O–H groups in total. The summed E-state index contributed by atoms with van der Waals surface area (Å²) in [4.78, 5) is 28.3. The standard InChI is InChI=1S/C24H22ClN3O3/c1-2-3-8-21-27-22(25)20(13-18-17-6-4-5-7-19(17)26-23(18)29)28(21)14-15-9-11-16(12-10-15)24(30)31/h4-7,9-13H,2-3,8,14H2,1H3,(H,26,29)(H,30,31). The molecular formula is C24H22ClN3O3. The zero-order valence-corrected chi connectivity index (χ0v) is 17.8. The molecule has 0 saturated carbocycles. The van der Waals surface area contributed by atoms with Gasteiger partial charge in [-0.3, -0.25) is 4.79 Å². The van der Waals surface area contributed by atoms with Gasteiger partial charge in [0.15, 0.2) is 5.15 Å². The van der Waals surface area contributed by atoms with Gasteiger partial charge in [0.1, 0.15) is 5.82 Å². The Balaban J connectivity index is 1.77. The minimum atomic E-state index is -0.961. The maximum Gasteiger partial charge on any atom is 0.335 e. The Hall–Kier alpha value is -3.38. The molecule has 7 heteroatoms. The van der Waals surface area contributed by atoms with Crippen molar-refractivity contribution in [3.05, 3.63) is 81.9 Å². The first-order valence-electron chi connectivity index (χ1n) is 10.2. The summed E-state index contributed by atoms with van der Waals surface area (Å²) < 4.78 is 2.01. The van der Waals surface area contributed by atoms with Gasteiger partial charge in [-0.1, -0.05) is 55.3 Å². The number of imidazole rings is 1. The summed E-state index contributed by atoms with van der Waals surface area (Å²) in [5, 5.41) is 12.4. The van der Waals surface area contributed by atoms with Gasteiger partial charge >= 0.3 is 5.97 Å². The first-order chi connectivity index (χ1) is 15.0. The Morgan fingerprint density at radius 1 is 1.19 bits per heavy atom. The number of rotatable bonds is 7. The van der Waals surface area contributed by atoms with Crippen molar-refractivity contribution in [1.82, 2.24) is 9.55 Å². The van der Waals surface area contributed by atoms with Crippen LogP contribution in [0.1, 0.15) is 52.8 Å². The van der Waals surface area contributed by atoms with Crippen LogP contribution in [-0.4, -0.2) is 26.5 Å². The third-order valence-electron chi connectivity index (χ3n) is 5.33. The summed E-state index contributed by atoms with van der Waals surface area (Å²) >= 11 is 6.53. The van der Waals surface area contributed by atoms with E-state index in [4.69, 9.17) is 16.7 Å². The number of nitrogens with zero attached hydrogens (tertiary/aromatic N) is 2. The van der Waals surface area contributed by atoms with Crippen LogP contribution in [-0.2, 0) is 17.8 Å². The van der Waals surface area contributed by atoms with Crippen molar-refractivity contribution < 1.29 is 14.7 Å². The lowest BCUT2D eigenvalue weighted by Crippen LogP contribution is -2.09. The Morgan fingerprint density at radius 2 is 1.94 bits per heavy atom. The van der Waals surface area contributed by atoms with Crippen LogP contribution in [0.3, 0.4) is 0 Å². The molecule has 31 heavy (non-hydrogen) atoms. The van der Waals surface area contributed by atoms with Crippen molar-refractivity contribution in [2.75, 3.05) is 5.32 Å². The molecule has 1 amide bonds. The van der Waals surface area contributed by atoms with Gasteiger partial charge in [-0.2, -0.15) is 0 Å². The number of carbonyl (C=O) groups excluding carboxylic acids is 1. The lowest BCUT2D eigenvalue weighted by molar-refractivity contribution is -0.110. The lowest BCUT2D eigenvalue weighted by Gasteiger charge is -2.11. The van der Waals surface area contributed by atoms with Crippen molar-refractivity contribution in [2.24, 2.45) is 0 Å². The number of halogens is 1.